The second-order valence-electron chi connectivity index (χ2n) is 3.04. The molecule has 0 bridgehead atoms. The molecule has 8 heteroatoms. The van der Waals surface area contributed by atoms with Crippen LogP contribution in [0.4, 0.5) is 17.3 Å². The smallest absolute Gasteiger partial charge is 0.699 e. The molecule has 0 saturated carbocycles. The molecule has 0 fully saturated rings. The van der Waals surface area contributed by atoms with Crippen molar-refractivity contribution in [1.82, 2.24) is 4.98 Å². The summed E-state index contributed by atoms with van der Waals surface area (Å²) in [5.74, 6) is 0.310. The maximum Gasteiger partial charge on any atom is 1.00 e. The summed E-state index contributed by atoms with van der Waals surface area (Å²) < 4.78 is 5.21. The van der Waals surface area contributed by atoms with E-state index in [-0.39, 0.29) is 96.6 Å². The van der Waals surface area contributed by atoms with E-state index >= 15 is 0 Å². The van der Waals surface area contributed by atoms with Crippen molar-refractivity contribution in [2.24, 2.45) is 0 Å². The summed E-state index contributed by atoms with van der Waals surface area (Å²) in [6.07, 6.45) is 0. The van der Waals surface area contributed by atoms with Gasteiger partial charge in [0.15, 0.2) is 0 Å². The Hall–Kier alpha value is 0.859. The van der Waals surface area contributed by atoms with Gasteiger partial charge in [-0.05, 0) is 21.4 Å². The molecular weight excluding hydrogens is 397 g/mol. The van der Waals surface area contributed by atoms with Gasteiger partial charge < -0.3 is 15.5 Å². The Bertz CT molecular complexity index is 552. The minimum atomic E-state index is 0. The van der Waals surface area contributed by atoms with Crippen molar-refractivity contribution in [2.75, 3.05) is 5.32 Å². The second-order valence-corrected chi connectivity index (χ2v) is 3.54. The van der Waals surface area contributed by atoms with Crippen LogP contribution < -0.4 is 69.1 Å². The van der Waals surface area contributed by atoms with Crippen molar-refractivity contribution in [1.29, 1.82) is 5.26 Å². The van der Waals surface area contributed by atoms with Crippen LogP contribution in [-0.2, 0) is 32.7 Å². The minimum Gasteiger partial charge on any atom is -0.699 e. The number of nitrogens with zero attached hydrogens (tertiary/aromatic N) is 2. The molecule has 1 atom stereocenters. The van der Waals surface area contributed by atoms with Gasteiger partial charge in [-0.25, -0.2) is 0 Å². The number of aromatic nitrogens is 1. The van der Waals surface area contributed by atoms with E-state index in [0.29, 0.717) is 17.2 Å². The zero-order valence-corrected chi connectivity index (χ0v) is 18.7. The van der Waals surface area contributed by atoms with Crippen LogP contribution >= 0.6 is 9.24 Å². The molecule has 0 amide bonds. The van der Waals surface area contributed by atoms with Crippen LogP contribution in [0.3, 0.4) is 0 Å². The molecule has 1 heterocycles. The molecule has 0 aliphatic carbocycles. The van der Waals surface area contributed by atoms with Gasteiger partial charge in [-0.3, -0.25) is 0 Å². The first-order chi connectivity index (χ1) is 7.69. The van der Waals surface area contributed by atoms with Crippen molar-refractivity contribution in [3.8, 4) is 6.07 Å². The molecule has 1 unspecified atom stereocenters. The van der Waals surface area contributed by atoms with Crippen LogP contribution in [-0.4, -0.2) is 4.98 Å². The molecule has 2 N–H and O–H groups in total. The largest absolute Gasteiger partial charge is 1.00 e. The van der Waals surface area contributed by atoms with Crippen molar-refractivity contribution >= 4 is 32.1 Å². The molecule has 18 heavy (non-hydrogen) atoms. The van der Waals surface area contributed by atoms with Crippen molar-refractivity contribution in [3.63, 3.8) is 0 Å². The Kier molecular flexibility index (Phi) is 9.34. The number of nitriles is 1. The van der Waals surface area contributed by atoms with Crippen molar-refractivity contribution in [3.05, 3.63) is 35.7 Å². The van der Waals surface area contributed by atoms with Crippen molar-refractivity contribution in [2.45, 2.75) is 0 Å². The molecule has 1 radical (unpaired) electrons. The van der Waals surface area contributed by atoms with Gasteiger partial charge in [0.25, 0.3) is 0 Å². The molecule has 5 nitrogen and oxygen atoms in total. The Morgan fingerprint density at radius 2 is 1.94 bits per heavy atom. The van der Waals surface area contributed by atoms with Gasteiger partial charge in [0, 0.05) is 38.4 Å². The molecule has 2 aromatic rings. The van der Waals surface area contributed by atoms with Crippen LogP contribution in [0, 0.1) is 11.3 Å². The summed E-state index contributed by atoms with van der Waals surface area (Å²) in [6, 6.07) is 8.68. The Morgan fingerprint density at radius 3 is 2.50 bits per heavy atom. The Labute approximate surface area is 181 Å². The van der Waals surface area contributed by atoms with Crippen LogP contribution in [0.5, 0.6) is 0 Å². The van der Waals surface area contributed by atoms with Gasteiger partial charge in [-0.2, -0.15) is 10.2 Å². The predicted molar refractivity (Wildman–Crippen MR) is 64.3 cm³/mol. The van der Waals surface area contributed by atoms with Crippen LogP contribution in [0.25, 0.3) is 5.73 Å². The Balaban J connectivity index is 0.00000144. The van der Waals surface area contributed by atoms with Gasteiger partial charge >= 0.3 is 58.2 Å². The van der Waals surface area contributed by atoms with Crippen LogP contribution in [0.2, 0.25) is 0 Å². The first kappa shape index (κ1) is 18.9. The molecule has 2 rings (SSSR count). The molecule has 0 aliphatic heterocycles. The number of rotatable bonds is 2. The first-order valence-corrected chi connectivity index (χ1v) is 5.02. The van der Waals surface area contributed by atoms with Crippen LogP contribution in [0.1, 0.15) is 5.69 Å². The first-order valence-electron chi connectivity index (χ1n) is 4.44. The van der Waals surface area contributed by atoms with Gasteiger partial charge in [0.2, 0.25) is 17.2 Å². The predicted octanol–water partition coefficient (Wildman–Crippen LogP) is -0.525. The van der Waals surface area contributed by atoms with Gasteiger partial charge in [0.05, 0.1) is 0 Å². The number of nitrogens with one attached hydrogen (secondary N) is 2. The van der Waals surface area contributed by atoms with Gasteiger partial charge in [0.1, 0.15) is 6.07 Å². The van der Waals surface area contributed by atoms with E-state index in [1.165, 1.54) is 0 Å². The van der Waals surface area contributed by atoms with E-state index in [0.717, 1.165) is 5.69 Å². The van der Waals surface area contributed by atoms with E-state index in [1.807, 2.05) is 6.07 Å². The second kappa shape index (κ2) is 8.92. The van der Waals surface area contributed by atoms with Gasteiger partial charge in [-0.1, -0.05) is 12.1 Å². The fourth-order valence-electron chi connectivity index (χ4n) is 1.18. The minimum absolute atomic E-state index is 0. The maximum absolute atomic E-state index is 8.80. The van der Waals surface area contributed by atoms with E-state index in [2.05, 4.69) is 19.5 Å². The summed E-state index contributed by atoms with van der Waals surface area (Å²) in [7, 11) is 2.29. The fraction of sp³-hybridized carbons (Fsp3) is 0. The fourth-order valence-corrected chi connectivity index (χ4v) is 1.43. The standard InChI is InChI=1S/C10H8N4OP.Rb.Y/c11-5-8-9(15-10(16)14-8)13-7-3-1-6(12)2-4-7;;/h1-4,12-13H,16H2;;/q-1;+1;. The Morgan fingerprint density at radius 1 is 1.33 bits per heavy atom. The van der Waals surface area contributed by atoms with Crippen molar-refractivity contribution < 1.29 is 95.3 Å². The number of benzene rings is 1. The average molecular weight is 406 g/mol. The van der Waals surface area contributed by atoms with E-state index in [1.54, 1.807) is 24.3 Å². The molecule has 0 aliphatic rings. The maximum atomic E-state index is 8.80. The quantitative estimate of drug-likeness (QED) is 0.681. The van der Waals surface area contributed by atoms with E-state index in [9.17, 15) is 0 Å². The third-order valence-electron chi connectivity index (χ3n) is 1.89. The summed E-state index contributed by atoms with van der Waals surface area (Å²) >= 11 is 0. The molecule has 83 valence electrons. The summed E-state index contributed by atoms with van der Waals surface area (Å²) in [6.45, 7) is 0. The average Bonchev–Trinajstić information content (AvgIpc) is 2.62. The van der Waals surface area contributed by atoms with E-state index < -0.39 is 0 Å². The SMILES string of the molecule is N#Cc1nc(P)oc1Nc1ccc([NH-])cc1.[Rb+].[Y]. The van der Waals surface area contributed by atoms with E-state index in [4.69, 9.17) is 15.4 Å². The monoisotopic (exact) mass is 405 g/mol. The number of hydrogen-bond acceptors (Lipinski definition) is 4. The molecule has 1 aromatic carbocycles. The molecular formula is C10H8N4OPRbY. The third kappa shape index (κ3) is 5.09. The summed E-state index contributed by atoms with van der Waals surface area (Å²) in [4.78, 5) is 3.88. The zero-order valence-electron chi connectivity index (χ0n) is 9.77. The molecule has 1 aromatic heterocycles. The summed E-state index contributed by atoms with van der Waals surface area (Å²) in [5, 5.41) is 11.7. The zero-order chi connectivity index (χ0) is 11.5. The van der Waals surface area contributed by atoms with Gasteiger partial charge in [-0.15, -0.1) is 5.69 Å². The van der Waals surface area contributed by atoms with Crippen LogP contribution in [0.15, 0.2) is 28.7 Å². The normalized spacial score (nSPS) is 8.67. The number of anilines is 2. The third-order valence-corrected chi connectivity index (χ3v) is 2.14. The number of oxazole rings is 1. The number of hydrogen-bond donors (Lipinski definition) is 1. The summed E-state index contributed by atoms with van der Waals surface area (Å²) in [5.41, 5.74) is 9.07. The topological polar surface area (TPSA) is 85.7 Å². The molecule has 0 saturated heterocycles. The molecule has 0 spiro atoms.